The van der Waals surface area contributed by atoms with Crippen LogP contribution in [-0.2, 0) is 11.3 Å². The van der Waals surface area contributed by atoms with Gasteiger partial charge >= 0.3 is 0 Å². The van der Waals surface area contributed by atoms with Gasteiger partial charge < -0.3 is 9.88 Å². The largest absolute Gasteiger partial charge is 0.342 e. The Balaban J connectivity index is 1.46. The quantitative estimate of drug-likeness (QED) is 0.309. The van der Waals surface area contributed by atoms with E-state index >= 15 is 0 Å². The minimum Gasteiger partial charge on any atom is -0.342 e. The second kappa shape index (κ2) is 9.06. The molecule has 1 fully saturated rings. The van der Waals surface area contributed by atoms with Crippen LogP contribution in [-0.4, -0.2) is 15.6 Å². The van der Waals surface area contributed by atoms with Crippen LogP contribution in [0.15, 0.2) is 82.8 Å². The van der Waals surface area contributed by atoms with Crippen LogP contribution in [0.3, 0.4) is 0 Å². The van der Waals surface area contributed by atoms with Crippen molar-refractivity contribution in [3.05, 3.63) is 105 Å². The van der Waals surface area contributed by atoms with Crippen LogP contribution in [0.25, 0.3) is 17.0 Å². The minimum absolute atomic E-state index is 0.220. The molecule has 1 aliphatic heterocycles. The number of nitrogens with zero attached hydrogens (tertiary/aromatic N) is 2. The number of carbonyl (C=O) groups is 1. The first kappa shape index (κ1) is 21.8. The molecule has 5 rings (SSSR count). The zero-order valence-corrected chi connectivity index (χ0v) is 19.4. The van der Waals surface area contributed by atoms with Crippen LogP contribution in [0.2, 0.25) is 10.0 Å². The van der Waals surface area contributed by atoms with Gasteiger partial charge in [0.1, 0.15) is 5.82 Å². The number of aliphatic imine (C=N–C) groups is 1. The number of halogens is 3. The number of rotatable bonds is 4. The average molecular weight is 496 g/mol. The lowest BCUT2D eigenvalue weighted by Crippen LogP contribution is -2.19. The SMILES string of the molecule is O=C1NC(=Nc2ccc(F)cc2)S/C1=C/c1cn(Cc2ccc(Cl)c(Cl)c2)c2ccccc12. The van der Waals surface area contributed by atoms with Crippen LogP contribution in [0.4, 0.5) is 10.1 Å². The fourth-order valence-electron chi connectivity index (χ4n) is 3.61. The summed E-state index contributed by atoms with van der Waals surface area (Å²) in [7, 11) is 0. The lowest BCUT2D eigenvalue weighted by atomic mass is 10.1. The molecule has 164 valence electrons. The lowest BCUT2D eigenvalue weighted by Gasteiger charge is -2.06. The number of thioether (sulfide) groups is 1. The molecule has 1 aromatic heterocycles. The Labute approximate surface area is 203 Å². The van der Waals surface area contributed by atoms with Gasteiger partial charge in [0.25, 0.3) is 5.91 Å². The molecule has 1 aliphatic rings. The molecule has 0 radical (unpaired) electrons. The highest BCUT2D eigenvalue weighted by atomic mass is 35.5. The van der Waals surface area contributed by atoms with Gasteiger partial charge in [0, 0.05) is 29.2 Å². The number of carbonyl (C=O) groups excluding carboxylic acids is 1. The van der Waals surface area contributed by atoms with Crippen LogP contribution in [0.1, 0.15) is 11.1 Å². The number of hydrogen-bond donors (Lipinski definition) is 1. The van der Waals surface area contributed by atoms with Crippen LogP contribution in [0, 0.1) is 5.82 Å². The van der Waals surface area contributed by atoms with Crippen LogP contribution < -0.4 is 5.32 Å². The molecule has 0 aliphatic carbocycles. The fraction of sp³-hybridized carbons (Fsp3) is 0.0400. The normalized spacial score (nSPS) is 16.2. The molecule has 4 nitrogen and oxygen atoms in total. The molecular formula is C25H16Cl2FN3OS. The van der Waals surface area contributed by atoms with Gasteiger partial charge in [0.2, 0.25) is 0 Å². The van der Waals surface area contributed by atoms with Crippen LogP contribution >= 0.6 is 35.0 Å². The van der Waals surface area contributed by atoms with Gasteiger partial charge in [-0.2, -0.15) is 0 Å². The van der Waals surface area contributed by atoms with E-state index < -0.39 is 0 Å². The topological polar surface area (TPSA) is 46.4 Å². The predicted octanol–water partition coefficient (Wildman–Crippen LogP) is 7.03. The van der Waals surface area contributed by atoms with E-state index in [0.717, 1.165) is 22.0 Å². The first-order chi connectivity index (χ1) is 16.0. The minimum atomic E-state index is -0.333. The second-order valence-electron chi connectivity index (χ2n) is 7.44. The van der Waals surface area contributed by atoms with Crippen molar-refractivity contribution in [2.24, 2.45) is 4.99 Å². The Hall–Kier alpha value is -3.06. The Morgan fingerprint density at radius 1 is 1.03 bits per heavy atom. The lowest BCUT2D eigenvalue weighted by molar-refractivity contribution is -0.115. The number of nitrogens with one attached hydrogen (secondary N) is 1. The van der Waals surface area contributed by atoms with Crippen molar-refractivity contribution >= 4 is 68.7 Å². The van der Waals surface area contributed by atoms with Gasteiger partial charge in [-0.25, -0.2) is 9.38 Å². The molecule has 8 heteroatoms. The van der Waals surface area contributed by atoms with Crippen molar-refractivity contribution in [1.82, 2.24) is 9.88 Å². The Kier molecular flexibility index (Phi) is 5.98. The highest BCUT2D eigenvalue weighted by Gasteiger charge is 2.24. The average Bonchev–Trinajstić information content (AvgIpc) is 3.32. The van der Waals surface area contributed by atoms with Gasteiger partial charge in [-0.1, -0.05) is 47.5 Å². The van der Waals surface area contributed by atoms with Crippen molar-refractivity contribution in [1.29, 1.82) is 0 Å². The van der Waals surface area contributed by atoms with E-state index in [2.05, 4.69) is 14.9 Å². The van der Waals surface area contributed by atoms with E-state index in [0.29, 0.717) is 32.4 Å². The van der Waals surface area contributed by atoms with Gasteiger partial charge in [0.05, 0.1) is 20.6 Å². The molecule has 4 aromatic rings. The van der Waals surface area contributed by atoms with Gasteiger partial charge in [-0.15, -0.1) is 0 Å². The summed E-state index contributed by atoms with van der Waals surface area (Å²) in [6.45, 7) is 0.608. The molecule has 1 amide bonds. The molecular weight excluding hydrogens is 480 g/mol. The molecule has 0 unspecified atom stereocenters. The van der Waals surface area contributed by atoms with E-state index in [1.807, 2.05) is 48.7 Å². The zero-order chi connectivity index (χ0) is 22.9. The van der Waals surface area contributed by atoms with Gasteiger partial charge in [0.15, 0.2) is 5.17 Å². The van der Waals surface area contributed by atoms with Crippen molar-refractivity contribution in [2.75, 3.05) is 0 Å². The standard InChI is InChI=1S/C25H16Cl2FN3OS/c26-20-10-5-15(11-21(20)27)13-31-14-16(19-3-1-2-4-22(19)31)12-23-24(32)30-25(33-23)29-18-8-6-17(28)7-9-18/h1-12,14H,13H2,(H,29,30,32)/b23-12+. The highest BCUT2D eigenvalue weighted by Crippen LogP contribution is 2.32. The third kappa shape index (κ3) is 4.69. The highest BCUT2D eigenvalue weighted by molar-refractivity contribution is 8.18. The number of hydrogen-bond acceptors (Lipinski definition) is 3. The first-order valence-corrected chi connectivity index (χ1v) is 11.6. The van der Waals surface area contributed by atoms with Gasteiger partial charge in [-0.05, 0) is 65.9 Å². The van der Waals surface area contributed by atoms with Gasteiger partial charge in [-0.3, -0.25) is 4.79 Å². The van der Waals surface area contributed by atoms with Crippen molar-refractivity contribution in [3.63, 3.8) is 0 Å². The molecule has 0 bridgehead atoms. The summed E-state index contributed by atoms with van der Waals surface area (Å²) < 4.78 is 15.2. The molecule has 3 aromatic carbocycles. The summed E-state index contributed by atoms with van der Waals surface area (Å²) in [4.78, 5) is 17.5. The summed E-state index contributed by atoms with van der Waals surface area (Å²) in [5.74, 6) is -0.554. The third-order valence-corrected chi connectivity index (χ3v) is 6.80. The van der Waals surface area contributed by atoms with E-state index in [4.69, 9.17) is 23.2 Å². The van der Waals surface area contributed by atoms with E-state index in [-0.39, 0.29) is 11.7 Å². The maximum atomic E-state index is 13.1. The molecule has 33 heavy (non-hydrogen) atoms. The van der Waals surface area contributed by atoms with Crippen molar-refractivity contribution in [3.8, 4) is 0 Å². The molecule has 1 saturated heterocycles. The maximum absolute atomic E-state index is 13.1. The molecule has 0 spiro atoms. The predicted molar refractivity (Wildman–Crippen MR) is 135 cm³/mol. The number of amidine groups is 1. The number of aromatic nitrogens is 1. The summed E-state index contributed by atoms with van der Waals surface area (Å²) in [5, 5.41) is 5.29. The smallest absolute Gasteiger partial charge is 0.264 e. The number of amides is 1. The van der Waals surface area contributed by atoms with E-state index in [1.165, 1.54) is 23.9 Å². The number of benzene rings is 3. The summed E-state index contributed by atoms with van der Waals surface area (Å²) in [6.07, 6.45) is 3.88. The summed E-state index contributed by atoms with van der Waals surface area (Å²) in [5.41, 5.74) is 3.55. The molecule has 0 saturated carbocycles. The Bertz CT molecular complexity index is 1440. The zero-order valence-electron chi connectivity index (χ0n) is 17.1. The first-order valence-electron chi connectivity index (χ1n) is 10.0. The van der Waals surface area contributed by atoms with Crippen molar-refractivity contribution < 1.29 is 9.18 Å². The monoisotopic (exact) mass is 495 g/mol. The molecule has 1 N–H and O–H groups in total. The molecule has 2 heterocycles. The summed E-state index contributed by atoms with van der Waals surface area (Å²) in [6, 6.07) is 19.4. The van der Waals surface area contributed by atoms with Crippen LogP contribution in [0.5, 0.6) is 0 Å². The maximum Gasteiger partial charge on any atom is 0.264 e. The molecule has 0 atom stereocenters. The van der Waals surface area contributed by atoms with E-state index in [1.54, 1.807) is 18.2 Å². The fourth-order valence-corrected chi connectivity index (χ4v) is 4.76. The van der Waals surface area contributed by atoms with E-state index in [9.17, 15) is 9.18 Å². The Morgan fingerprint density at radius 3 is 2.61 bits per heavy atom. The Morgan fingerprint density at radius 2 is 1.82 bits per heavy atom. The van der Waals surface area contributed by atoms with Crippen molar-refractivity contribution in [2.45, 2.75) is 6.54 Å². The number of para-hydroxylation sites is 1. The second-order valence-corrected chi connectivity index (χ2v) is 9.28. The number of fused-ring (bicyclic) bond motifs is 1. The third-order valence-electron chi connectivity index (χ3n) is 5.15. The summed E-state index contributed by atoms with van der Waals surface area (Å²) >= 11 is 13.5.